The zero-order valence-corrected chi connectivity index (χ0v) is 24.9. The molecule has 0 spiro atoms. The van der Waals surface area contributed by atoms with Gasteiger partial charge in [-0.05, 0) is 0 Å². The van der Waals surface area contributed by atoms with Crippen LogP contribution in [0.15, 0.2) is 144 Å². The third-order valence-electron chi connectivity index (χ3n) is 6.41. The molecule has 39 heavy (non-hydrogen) atoms. The van der Waals surface area contributed by atoms with Gasteiger partial charge in [-0.2, -0.15) is 0 Å². The van der Waals surface area contributed by atoms with Gasteiger partial charge in [-0.1, -0.05) is 0 Å². The van der Waals surface area contributed by atoms with E-state index < -0.39 is 24.8 Å². The van der Waals surface area contributed by atoms with E-state index in [0.717, 1.165) is 16.4 Å². The molecule has 7 heteroatoms. The van der Waals surface area contributed by atoms with E-state index in [2.05, 4.69) is 51.9 Å². The summed E-state index contributed by atoms with van der Waals surface area (Å²) in [5.74, 6) is -0.430. The molecule has 0 aliphatic carbocycles. The van der Waals surface area contributed by atoms with Crippen molar-refractivity contribution in [1.82, 2.24) is 0 Å². The molecule has 0 saturated heterocycles. The monoisotopic (exact) mass is 639 g/mol. The van der Waals surface area contributed by atoms with Crippen LogP contribution in [-0.2, 0) is 3.07 Å². The van der Waals surface area contributed by atoms with E-state index in [4.69, 9.17) is 14.7 Å². The molecule has 1 N–H and O–H groups in total. The molecule has 0 aliphatic heterocycles. The van der Waals surface area contributed by atoms with Gasteiger partial charge >= 0.3 is 239 Å². The number of rotatable bonds is 8. The molecule has 0 aliphatic rings. The van der Waals surface area contributed by atoms with E-state index >= 15 is 0 Å². The number of nitrogens with zero attached hydrogens (tertiary/aromatic N) is 2. The number of hydrogen-bond donors (Lipinski definition) is 1. The summed E-state index contributed by atoms with van der Waals surface area (Å²) in [5.41, 5.74) is 2.15. The molecule has 192 valence electrons. The van der Waals surface area contributed by atoms with E-state index in [1.807, 2.05) is 72.8 Å². The van der Waals surface area contributed by atoms with Crippen LogP contribution in [0.1, 0.15) is 10.4 Å². The van der Waals surface area contributed by atoms with Crippen molar-refractivity contribution in [2.24, 2.45) is 10.2 Å². The van der Waals surface area contributed by atoms with Gasteiger partial charge in [0.05, 0.1) is 0 Å². The number of carbonyl (C=O) groups is 1. The molecule has 0 fully saturated rings. The van der Waals surface area contributed by atoms with E-state index in [0.29, 0.717) is 22.0 Å². The molecule has 5 rings (SSSR count). The summed E-state index contributed by atoms with van der Waals surface area (Å²) in [7, 11) is 1.80. The molecular weight excluding hydrogens is 613 g/mol. The molecule has 0 saturated carbocycles. The summed E-state index contributed by atoms with van der Waals surface area (Å²) in [5, 5.41) is 12.3. The van der Waals surface area contributed by atoms with Crippen molar-refractivity contribution in [3.63, 3.8) is 0 Å². The second kappa shape index (κ2) is 12.3. The zero-order chi connectivity index (χ0) is 27.1. The number of nitrogens with one attached hydrogen (secondary N) is 1. The Morgan fingerprint density at radius 3 is 1.72 bits per heavy atom. The SMILES string of the molecule is CNc1ccc(N=Nc2ccccc2C(=O)[O][Sn]([c]2ccccc2)([c]2ccccc2)[c]2ccccc2)cc1Cl. The number of carbonyl (C=O) groups excluding carboxylic acids is 1. The van der Waals surface area contributed by atoms with Gasteiger partial charge < -0.3 is 0 Å². The van der Waals surface area contributed by atoms with Crippen LogP contribution in [-0.4, -0.2) is 31.8 Å². The van der Waals surface area contributed by atoms with Crippen molar-refractivity contribution < 1.29 is 7.87 Å². The van der Waals surface area contributed by atoms with Gasteiger partial charge in [-0.3, -0.25) is 0 Å². The van der Waals surface area contributed by atoms with Gasteiger partial charge in [0.25, 0.3) is 0 Å². The number of anilines is 1. The maximum atomic E-state index is 14.0. The molecule has 5 aromatic rings. The Labute approximate surface area is 237 Å². The van der Waals surface area contributed by atoms with E-state index in [9.17, 15) is 4.79 Å². The normalized spacial score (nSPS) is 11.3. The quantitative estimate of drug-likeness (QED) is 0.154. The van der Waals surface area contributed by atoms with Gasteiger partial charge in [-0.15, -0.1) is 0 Å². The van der Waals surface area contributed by atoms with Gasteiger partial charge in [0.2, 0.25) is 0 Å². The first-order valence-corrected chi connectivity index (χ1v) is 18.3. The molecule has 0 unspecified atom stereocenters. The molecular formula is C32H26ClN3O2Sn. The minimum atomic E-state index is -4.29. The standard InChI is InChI=1S/C14H12ClN3O2.3C6H5.Sn/c1-16-13-7-6-9(8-11(13)15)17-18-12-5-3-2-4-10(12)14(19)20;3*1-2-4-6-5-3-1;/h2-8,16H,1H3,(H,19,20);3*1-5H;/q;;;;+1/p-1. The third kappa shape index (κ3) is 5.74. The van der Waals surface area contributed by atoms with Crippen LogP contribution >= 0.6 is 11.6 Å². The Morgan fingerprint density at radius 2 is 1.21 bits per heavy atom. The van der Waals surface area contributed by atoms with Gasteiger partial charge in [0, 0.05) is 0 Å². The Kier molecular flexibility index (Phi) is 8.39. The summed E-state index contributed by atoms with van der Waals surface area (Å²) >= 11 is 2.02. The Hall–Kier alpha value is -3.94. The van der Waals surface area contributed by atoms with Crippen molar-refractivity contribution in [3.8, 4) is 0 Å². The third-order valence-corrected chi connectivity index (χ3v) is 17.9. The van der Waals surface area contributed by atoms with Crippen molar-refractivity contribution in [2.45, 2.75) is 0 Å². The van der Waals surface area contributed by atoms with Gasteiger partial charge in [0.1, 0.15) is 0 Å². The van der Waals surface area contributed by atoms with Crippen LogP contribution in [0.3, 0.4) is 0 Å². The van der Waals surface area contributed by atoms with Crippen LogP contribution < -0.4 is 16.1 Å². The predicted molar refractivity (Wildman–Crippen MR) is 161 cm³/mol. The van der Waals surface area contributed by atoms with Crippen LogP contribution in [0.4, 0.5) is 17.1 Å². The number of hydrogen-bond acceptors (Lipinski definition) is 5. The molecule has 5 nitrogen and oxygen atoms in total. The van der Waals surface area contributed by atoms with E-state index in [-0.39, 0.29) is 0 Å². The zero-order valence-electron chi connectivity index (χ0n) is 21.3. The Morgan fingerprint density at radius 1 is 0.692 bits per heavy atom. The van der Waals surface area contributed by atoms with E-state index in [1.165, 1.54) is 0 Å². The average molecular weight is 639 g/mol. The Balaban J connectivity index is 1.59. The van der Waals surface area contributed by atoms with Crippen LogP contribution in [0, 0.1) is 0 Å². The van der Waals surface area contributed by atoms with Gasteiger partial charge in [0.15, 0.2) is 0 Å². The van der Waals surface area contributed by atoms with Crippen LogP contribution in [0.5, 0.6) is 0 Å². The fraction of sp³-hybridized carbons (Fsp3) is 0.0312. The molecule has 0 heterocycles. The molecule has 0 atom stereocenters. The number of halogens is 1. The minimum absolute atomic E-state index is 0.350. The van der Waals surface area contributed by atoms with Crippen molar-refractivity contribution in [2.75, 3.05) is 12.4 Å². The molecule has 0 bridgehead atoms. The summed E-state index contributed by atoms with van der Waals surface area (Å²) in [6.07, 6.45) is 0. The fourth-order valence-electron chi connectivity index (χ4n) is 4.50. The van der Waals surface area contributed by atoms with Crippen molar-refractivity contribution in [3.05, 3.63) is 144 Å². The fourth-order valence-corrected chi connectivity index (χ4v) is 15.4. The average Bonchev–Trinajstić information content (AvgIpc) is 3.00. The maximum absolute atomic E-state index is 14.0. The second-order valence-electron chi connectivity index (χ2n) is 8.80. The molecule has 0 aromatic heterocycles. The Bertz CT molecular complexity index is 1500. The first-order chi connectivity index (χ1) is 19.1. The van der Waals surface area contributed by atoms with Crippen LogP contribution in [0.25, 0.3) is 0 Å². The summed E-state index contributed by atoms with van der Waals surface area (Å²) in [4.78, 5) is 14.0. The van der Waals surface area contributed by atoms with Crippen molar-refractivity contribution in [1.29, 1.82) is 0 Å². The number of azo groups is 1. The van der Waals surface area contributed by atoms with Gasteiger partial charge in [-0.25, -0.2) is 0 Å². The first kappa shape index (κ1) is 26.7. The second-order valence-corrected chi connectivity index (χ2v) is 18.6. The van der Waals surface area contributed by atoms with E-state index in [1.54, 1.807) is 31.3 Å². The molecule has 0 amide bonds. The topological polar surface area (TPSA) is 63.0 Å². The summed E-state index contributed by atoms with van der Waals surface area (Å²) in [6.45, 7) is 0. The number of benzene rings is 5. The predicted octanol–water partition coefficient (Wildman–Crippen LogP) is 6.62. The van der Waals surface area contributed by atoms with Crippen LogP contribution in [0.2, 0.25) is 5.02 Å². The first-order valence-electron chi connectivity index (χ1n) is 12.5. The molecule has 0 radical (unpaired) electrons. The summed E-state index contributed by atoms with van der Waals surface area (Å²) < 4.78 is 9.88. The summed E-state index contributed by atoms with van der Waals surface area (Å²) in [6, 6.07) is 42.7. The van der Waals surface area contributed by atoms with Crippen molar-refractivity contribution >= 4 is 64.2 Å². The molecule has 5 aromatic carbocycles.